The third-order valence-corrected chi connectivity index (χ3v) is 5.82. The number of nitrogens with two attached hydrogens (primary N) is 1. The first-order valence-corrected chi connectivity index (χ1v) is 13.7. The van der Waals surface area contributed by atoms with Crippen LogP contribution in [0.15, 0.2) is 53.8 Å². The molecule has 0 radical (unpaired) electrons. The number of pyridine rings is 1. The van der Waals surface area contributed by atoms with Crippen molar-refractivity contribution in [2.45, 2.75) is 32.4 Å². The molecule has 12 nitrogen and oxygen atoms in total. The lowest BCUT2D eigenvalue weighted by Crippen LogP contribution is -3.00. The number of guanidine groups is 1. The standard InChI is InChI=1S/C28H39ClN5O7.HI/c1-36-16-17-37-18-19-38-20-21-40-28(35)41-23-33-13-10-25(11-14-33)34(27(31)32-22-30)12-4-2-3-5-15-39-26-8-6-24(29)7-9-26;/h6-11,13-14H,2-5,12,15-21,23H2,1H3,(H2,31,32);1H/q+1;/p-1. The Morgan fingerprint density at radius 1 is 0.929 bits per heavy atom. The fourth-order valence-electron chi connectivity index (χ4n) is 3.47. The summed E-state index contributed by atoms with van der Waals surface area (Å²) in [5, 5.41) is 9.65. The molecule has 0 aliphatic rings. The van der Waals surface area contributed by atoms with E-state index in [2.05, 4.69) is 4.99 Å². The number of benzene rings is 1. The van der Waals surface area contributed by atoms with Gasteiger partial charge in [0.05, 0.1) is 45.3 Å². The van der Waals surface area contributed by atoms with Crippen LogP contribution in [-0.2, 0) is 30.4 Å². The van der Waals surface area contributed by atoms with Gasteiger partial charge in [-0.25, -0.2) is 4.79 Å². The van der Waals surface area contributed by atoms with Gasteiger partial charge in [-0.1, -0.05) is 24.4 Å². The quantitative estimate of drug-likeness (QED) is 0.0395. The number of nitrogens with zero attached hydrogens (tertiary/aromatic N) is 4. The van der Waals surface area contributed by atoms with Crippen LogP contribution in [0.1, 0.15) is 25.7 Å². The fraction of sp³-hybridized carbons (Fsp3) is 0.500. The number of methoxy groups -OCH3 is 1. The van der Waals surface area contributed by atoms with Crippen molar-refractivity contribution in [3.63, 3.8) is 0 Å². The predicted molar refractivity (Wildman–Crippen MR) is 153 cm³/mol. The van der Waals surface area contributed by atoms with Crippen molar-refractivity contribution in [3.8, 4) is 11.9 Å². The van der Waals surface area contributed by atoms with Gasteiger partial charge in [0.2, 0.25) is 12.2 Å². The molecule has 14 heteroatoms. The highest BCUT2D eigenvalue weighted by atomic mass is 127. The molecule has 0 bridgehead atoms. The summed E-state index contributed by atoms with van der Waals surface area (Å²) >= 11 is 5.89. The summed E-state index contributed by atoms with van der Waals surface area (Å²) in [6.07, 6.45) is 8.09. The van der Waals surface area contributed by atoms with Crippen molar-refractivity contribution in [1.29, 1.82) is 5.26 Å². The molecular formula is C28H39ClIN5O7. The minimum atomic E-state index is -0.799. The summed E-state index contributed by atoms with van der Waals surface area (Å²) in [7, 11) is 1.61. The smallest absolute Gasteiger partial charge is 0.513 e. The Morgan fingerprint density at radius 2 is 1.57 bits per heavy atom. The number of aromatic nitrogens is 1. The molecule has 0 saturated carbocycles. The van der Waals surface area contributed by atoms with Crippen LogP contribution in [0.5, 0.6) is 5.75 Å². The molecule has 2 rings (SSSR count). The highest BCUT2D eigenvalue weighted by Crippen LogP contribution is 2.17. The maximum absolute atomic E-state index is 11.8. The maximum Gasteiger partial charge on any atom is 0.513 e. The lowest BCUT2D eigenvalue weighted by Gasteiger charge is -2.22. The van der Waals surface area contributed by atoms with Gasteiger partial charge in [-0.2, -0.15) is 9.83 Å². The molecule has 42 heavy (non-hydrogen) atoms. The molecule has 2 N–H and O–H groups in total. The van der Waals surface area contributed by atoms with Crippen LogP contribution in [0.3, 0.4) is 0 Å². The van der Waals surface area contributed by atoms with Gasteiger partial charge in [-0.05, 0) is 37.1 Å². The zero-order valence-electron chi connectivity index (χ0n) is 23.8. The number of carbonyl (C=O) groups excluding carboxylic acids is 1. The van der Waals surface area contributed by atoms with E-state index in [-0.39, 0.29) is 49.9 Å². The summed E-state index contributed by atoms with van der Waals surface area (Å²) < 4.78 is 33.0. The SMILES string of the molecule is COCCOCCOCCOC(=O)OC[n+]1ccc(N(CCCCCCOc2ccc(Cl)cc2)C(N)=NC#N)cc1.[I-]. The number of carbonyl (C=O) groups is 1. The molecule has 232 valence electrons. The topological polar surface area (TPSA) is 142 Å². The van der Waals surface area contributed by atoms with E-state index in [1.165, 1.54) is 0 Å². The number of halogens is 2. The minimum Gasteiger partial charge on any atom is -1.00 e. The monoisotopic (exact) mass is 719 g/mol. The first-order valence-electron chi connectivity index (χ1n) is 13.3. The van der Waals surface area contributed by atoms with E-state index in [9.17, 15) is 4.79 Å². The molecule has 0 fully saturated rings. The molecule has 2 aromatic rings. The largest absolute Gasteiger partial charge is 1.00 e. The van der Waals surface area contributed by atoms with E-state index in [1.54, 1.807) is 59.4 Å². The van der Waals surface area contributed by atoms with E-state index in [0.717, 1.165) is 37.1 Å². The van der Waals surface area contributed by atoms with Crippen LogP contribution < -0.4 is 43.9 Å². The van der Waals surface area contributed by atoms with Gasteiger partial charge < -0.3 is 63.0 Å². The Balaban J connectivity index is 0.00000882. The van der Waals surface area contributed by atoms with Crippen molar-refractivity contribution in [2.75, 3.05) is 64.8 Å². The zero-order valence-corrected chi connectivity index (χ0v) is 26.7. The number of hydrogen-bond donors (Lipinski definition) is 1. The highest BCUT2D eigenvalue weighted by molar-refractivity contribution is 6.30. The van der Waals surface area contributed by atoms with E-state index in [4.69, 9.17) is 51.0 Å². The van der Waals surface area contributed by atoms with Crippen molar-refractivity contribution in [3.05, 3.63) is 53.8 Å². The van der Waals surface area contributed by atoms with Gasteiger partial charge in [0.15, 0.2) is 12.4 Å². The molecule has 0 aliphatic heterocycles. The maximum atomic E-state index is 11.8. The van der Waals surface area contributed by atoms with Gasteiger partial charge in [0, 0.05) is 30.8 Å². The third kappa shape index (κ3) is 16.5. The second kappa shape index (κ2) is 23.6. The van der Waals surface area contributed by atoms with Crippen molar-refractivity contribution >= 4 is 29.4 Å². The third-order valence-electron chi connectivity index (χ3n) is 5.57. The molecule has 1 heterocycles. The molecule has 1 aromatic carbocycles. The molecular weight excluding hydrogens is 681 g/mol. The Hall–Kier alpha value is -2.90. The number of rotatable bonds is 20. The number of nitriles is 1. The summed E-state index contributed by atoms with van der Waals surface area (Å²) in [6.45, 7) is 3.35. The Labute approximate surface area is 269 Å². The summed E-state index contributed by atoms with van der Waals surface area (Å²) in [6, 6.07) is 10.9. The van der Waals surface area contributed by atoms with Crippen LogP contribution in [-0.4, -0.2) is 72.0 Å². The van der Waals surface area contributed by atoms with Gasteiger partial charge in [-0.3, -0.25) is 0 Å². The van der Waals surface area contributed by atoms with Gasteiger partial charge in [-0.15, -0.1) is 4.99 Å². The van der Waals surface area contributed by atoms with Crippen LogP contribution >= 0.6 is 11.6 Å². The minimum absolute atomic E-state index is 0. The summed E-state index contributed by atoms with van der Waals surface area (Å²) in [5.74, 6) is 0.908. The molecule has 1 aromatic heterocycles. The van der Waals surface area contributed by atoms with Gasteiger partial charge in [0.1, 0.15) is 12.4 Å². The number of aliphatic imine (C=N–C) groups is 1. The molecule has 0 spiro atoms. The van der Waals surface area contributed by atoms with Crippen LogP contribution in [0, 0.1) is 11.5 Å². The first-order chi connectivity index (χ1) is 20.0. The normalized spacial score (nSPS) is 10.8. The van der Waals surface area contributed by atoms with Crippen molar-refractivity contribution < 1.29 is 61.8 Å². The zero-order chi connectivity index (χ0) is 29.5. The first kappa shape index (κ1) is 37.1. The van der Waals surface area contributed by atoms with Gasteiger partial charge >= 0.3 is 6.16 Å². The van der Waals surface area contributed by atoms with E-state index >= 15 is 0 Å². The average Bonchev–Trinajstić information content (AvgIpc) is 2.98. The molecule has 0 atom stereocenters. The second-order valence-electron chi connectivity index (χ2n) is 8.60. The fourth-order valence-corrected chi connectivity index (χ4v) is 3.59. The van der Waals surface area contributed by atoms with E-state index < -0.39 is 6.16 Å². The van der Waals surface area contributed by atoms with E-state index in [0.29, 0.717) is 44.6 Å². The van der Waals surface area contributed by atoms with Crippen molar-refractivity contribution in [1.82, 2.24) is 0 Å². The van der Waals surface area contributed by atoms with E-state index in [1.807, 2.05) is 12.1 Å². The predicted octanol–water partition coefficient (Wildman–Crippen LogP) is 0.663. The number of anilines is 1. The number of unbranched alkanes of at least 4 members (excludes halogenated alkanes) is 3. The van der Waals surface area contributed by atoms with Crippen LogP contribution in [0.2, 0.25) is 5.02 Å². The van der Waals surface area contributed by atoms with Crippen LogP contribution in [0.4, 0.5) is 10.5 Å². The number of hydrogen-bond acceptors (Lipinski definition) is 9. The summed E-state index contributed by atoms with van der Waals surface area (Å²) in [5.41, 5.74) is 6.81. The Bertz CT molecular complexity index is 1070. The molecule has 0 saturated heterocycles. The lowest BCUT2D eigenvalue weighted by atomic mass is 10.2. The van der Waals surface area contributed by atoms with Gasteiger partial charge in [0.25, 0.3) is 6.73 Å². The summed E-state index contributed by atoms with van der Waals surface area (Å²) in [4.78, 5) is 17.3. The second-order valence-corrected chi connectivity index (χ2v) is 9.03. The number of ether oxygens (including phenoxy) is 6. The molecule has 0 amide bonds. The lowest BCUT2D eigenvalue weighted by molar-refractivity contribution is -0.727. The highest BCUT2D eigenvalue weighted by Gasteiger charge is 2.14. The molecule has 0 unspecified atom stereocenters. The van der Waals surface area contributed by atoms with Crippen LogP contribution in [0.25, 0.3) is 0 Å². The Kier molecular flexibility index (Phi) is 20.9. The Morgan fingerprint density at radius 3 is 2.24 bits per heavy atom. The average molecular weight is 720 g/mol. The molecule has 0 aliphatic carbocycles. The van der Waals surface area contributed by atoms with Crippen molar-refractivity contribution in [2.24, 2.45) is 10.7 Å².